The molecular formula is C14H18N4O2S. The normalized spacial score (nSPS) is 15.1. The van der Waals surface area contributed by atoms with Gasteiger partial charge in [-0.1, -0.05) is 0 Å². The summed E-state index contributed by atoms with van der Waals surface area (Å²) < 4.78 is 2.00. The summed E-state index contributed by atoms with van der Waals surface area (Å²) in [6.07, 6.45) is 0.638. The summed E-state index contributed by atoms with van der Waals surface area (Å²) >= 11 is 1.68. The molecule has 3 heterocycles. The maximum absolute atomic E-state index is 10.6. The maximum Gasteiger partial charge on any atom is 0.303 e. The van der Waals surface area contributed by atoms with E-state index in [0.717, 1.165) is 48.3 Å². The number of nitrogens with zero attached hydrogens (tertiary/aromatic N) is 4. The minimum absolute atomic E-state index is 0.137. The van der Waals surface area contributed by atoms with Gasteiger partial charge in [0.05, 0.1) is 35.1 Å². The van der Waals surface area contributed by atoms with Crippen molar-refractivity contribution in [2.24, 2.45) is 0 Å². The van der Waals surface area contributed by atoms with Crippen LogP contribution in [0.1, 0.15) is 28.5 Å². The van der Waals surface area contributed by atoms with Crippen LogP contribution < -0.4 is 0 Å². The summed E-state index contributed by atoms with van der Waals surface area (Å²) in [6.45, 7) is 5.53. The zero-order valence-electron chi connectivity index (χ0n) is 11.9. The van der Waals surface area contributed by atoms with Crippen molar-refractivity contribution in [1.82, 2.24) is 19.7 Å². The van der Waals surface area contributed by atoms with Gasteiger partial charge in [0.15, 0.2) is 0 Å². The second-order valence-corrected chi connectivity index (χ2v) is 6.37. The number of aromatic nitrogens is 3. The van der Waals surface area contributed by atoms with Gasteiger partial charge in [-0.3, -0.25) is 14.4 Å². The number of hydrogen-bond donors (Lipinski definition) is 1. The average Bonchev–Trinajstić information content (AvgIpc) is 3.02. The number of carboxylic acids is 1. The summed E-state index contributed by atoms with van der Waals surface area (Å²) in [6, 6.07) is 2.03. The molecule has 21 heavy (non-hydrogen) atoms. The van der Waals surface area contributed by atoms with E-state index in [1.807, 2.05) is 17.7 Å². The van der Waals surface area contributed by atoms with Gasteiger partial charge in [0.25, 0.3) is 0 Å². The number of carbonyl (C=O) groups is 1. The highest BCUT2D eigenvalue weighted by molar-refractivity contribution is 7.09. The van der Waals surface area contributed by atoms with Gasteiger partial charge in [0, 0.05) is 31.4 Å². The van der Waals surface area contributed by atoms with E-state index >= 15 is 0 Å². The fraction of sp³-hybridized carbons (Fsp3) is 0.500. The SMILES string of the molecule is Cc1nc(CN2CCn3nc(CCC(=O)O)cc3C2)cs1. The van der Waals surface area contributed by atoms with Crippen LogP contribution in [0.25, 0.3) is 0 Å². The van der Waals surface area contributed by atoms with Gasteiger partial charge in [-0.05, 0) is 13.0 Å². The van der Waals surface area contributed by atoms with Gasteiger partial charge in [-0.25, -0.2) is 4.98 Å². The first-order valence-electron chi connectivity index (χ1n) is 7.01. The van der Waals surface area contributed by atoms with Crippen LogP contribution in [0.15, 0.2) is 11.4 Å². The van der Waals surface area contributed by atoms with Crippen molar-refractivity contribution >= 4 is 17.3 Å². The van der Waals surface area contributed by atoms with Gasteiger partial charge >= 0.3 is 5.97 Å². The van der Waals surface area contributed by atoms with Crippen LogP contribution in [0.3, 0.4) is 0 Å². The van der Waals surface area contributed by atoms with E-state index in [1.165, 1.54) is 0 Å². The van der Waals surface area contributed by atoms with E-state index in [-0.39, 0.29) is 6.42 Å². The molecule has 0 fully saturated rings. The molecule has 7 heteroatoms. The Labute approximate surface area is 127 Å². The molecule has 2 aromatic rings. The summed E-state index contributed by atoms with van der Waals surface area (Å²) in [7, 11) is 0. The summed E-state index contributed by atoms with van der Waals surface area (Å²) in [5.74, 6) is -0.776. The molecule has 0 saturated carbocycles. The molecule has 3 rings (SSSR count). The molecule has 112 valence electrons. The van der Waals surface area contributed by atoms with Crippen molar-refractivity contribution in [2.45, 2.75) is 39.4 Å². The van der Waals surface area contributed by atoms with Crippen molar-refractivity contribution in [1.29, 1.82) is 0 Å². The van der Waals surface area contributed by atoms with Gasteiger partial charge in [-0.15, -0.1) is 11.3 Å². The molecule has 1 N–H and O–H groups in total. The summed E-state index contributed by atoms with van der Waals surface area (Å²) in [5, 5.41) is 16.4. The number of hydrogen-bond acceptors (Lipinski definition) is 5. The Morgan fingerprint density at radius 3 is 3.00 bits per heavy atom. The Morgan fingerprint density at radius 1 is 1.43 bits per heavy atom. The summed E-state index contributed by atoms with van der Waals surface area (Å²) in [5.41, 5.74) is 3.16. The maximum atomic E-state index is 10.6. The Hall–Kier alpha value is -1.73. The third kappa shape index (κ3) is 3.48. The number of rotatable bonds is 5. The van der Waals surface area contributed by atoms with Crippen molar-refractivity contribution in [2.75, 3.05) is 6.54 Å². The van der Waals surface area contributed by atoms with E-state index in [0.29, 0.717) is 6.42 Å². The largest absolute Gasteiger partial charge is 0.481 e. The van der Waals surface area contributed by atoms with Crippen LogP contribution in [0.2, 0.25) is 0 Å². The number of aliphatic carboxylic acids is 1. The molecule has 6 nitrogen and oxygen atoms in total. The smallest absolute Gasteiger partial charge is 0.303 e. The molecule has 0 spiro atoms. The van der Waals surface area contributed by atoms with Crippen molar-refractivity contribution < 1.29 is 9.90 Å². The molecule has 0 aliphatic carbocycles. The Morgan fingerprint density at radius 2 is 2.29 bits per heavy atom. The molecule has 0 amide bonds. The highest BCUT2D eigenvalue weighted by Crippen LogP contribution is 2.18. The van der Waals surface area contributed by atoms with Gasteiger partial charge in [-0.2, -0.15) is 5.10 Å². The second kappa shape index (κ2) is 5.95. The van der Waals surface area contributed by atoms with Gasteiger partial charge in [0.2, 0.25) is 0 Å². The zero-order valence-corrected chi connectivity index (χ0v) is 12.8. The first-order chi connectivity index (χ1) is 10.1. The van der Waals surface area contributed by atoms with E-state index in [4.69, 9.17) is 5.11 Å². The Kier molecular flexibility index (Phi) is 4.03. The lowest BCUT2D eigenvalue weighted by Crippen LogP contribution is -2.33. The number of fused-ring (bicyclic) bond motifs is 1. The van der Waals surface area contributed by atoms with Crippen LogP contribution in [0, 0.1) is 6.92 Å². The molecular weight excluding hydrogens is 288 g/mol. The highest BCUT2D eigenvalue weighted by Gasteiger charge is 2.19. The van der Waals surface area contributed by atoms with Crippen molar-refractivity contribution in [3.63, 3.8) is 0 Å². The quantitative estimate of drug-likeness (QED) is 0.910. The van der Waals surface area contributed by atoms with Gasteiger partial charge in [0.1, 0.15) is 0 Å². The lowest BCUT2D eigenvalue weighted by Gasteiger charge is -2.26. The highest BCUT2D eigenvalue weighted by atomic mass is 32.1. The first kappa shape index (κ1) is 14.2. The third-order valence-corrected chi connectivity index (χ3v) is 4.40. The van der Waals surface area contributed by atoms with Crippen LogP contribution in [0.4, 0.5) is 0 Å². The van der Waals surface area contributed by atoms with E-state index < -0.39 is 5.97 Å². The van der Waals surface area contributed by atoms with Crippen LogP contribution in [-0.4, -0.2) is 37.3 Å². The topological polar surface area (TPSA) is 71.2 Å². The zero-order chi connectivity index (χ0) is 14.8. The molecule has 0 atom stereocenters. The number of aryl methyl sites for hydroxylation is 2. The van der Waals surface area contributed by atoms with Crippen LogP contribution in [-0.2, 0) is 30.8 Å². The van der Waals surface area contributed by atoms with Crippen LogP contribution >= 0.6 is 11.3 Å². The molecule has 1 aliphatic heterocycles. The molecule has 2 aromatic heterocycles. The van der Waals surface area contributed by atoms with E-state index in [9.17, 15) is 4.79 Å². The minimum atomic E-state index is -0.776. The molecule has 0 saturated heterocycles. The molecule has 0 bridgehead atoms. The molecule has 0 aromatic carbocycles. The average molecular weight is 306 g/mol. The van der Waals surface area contributed by atoms with Crippen molar-refractivity contribution in [3.8, 4) is 0 Å². The second-order valence-electron chi connectivity index (χ2n) is 5.31. The fourth-order valence-corrected chi connectivity index (χ4v) is 3.19. The predicted molar refractivity (Wildman–Crippen MR) is 79.1 cm³/mol. The number of thiazole rings is 1. The minimum Gasteiger partial charge on any atom is -0.481 e. The van der Waals surface area contributed by atoms with E-state index in [1.54, 1.807) is 11.3 Å². The molecule has 0 unspecified atom stereocenters. The molecule has 1 aliphatic rings. The third-order valence-electron chi connectivity index (χ3n) is 3.57. The van der Waals surface area contributed by atoms with Crippen molar-refractivity contribution in [3.05, 3.63) is 33.5 Å². The Bertz CT molecular complexity index is 649. The predicted octanol–water partition coefficient (Wildman–Crippen LogP) is 1.68. The fourth-order valence-electron chi connectivity index (χ4n) is 2.58. The van der Waals surface area contributed by atoms with Gasteiger partial charge < -0.3 is 5.11 Å². The molecule has 0 radical (unpaired) electrons. The first-order valence-corrected chi connectivity index (χ1v) is 7.89. The summed E-state index contributed by atoms with van der Waals surface area (Å²) in [4.78, 5) is 17.5. The van der Waals surface area contributed by atoms with Crippen LogP contribution in [0.5, 0.6) is 0 Å². The Balaban J connectivity index is 1.63. The van der Waals surface area contributed by atoms with E-state index in [2.05, 4.69) is 20.4 Å². The standard InChI is InChI=1S/C14H18N4O2S/c1-10-15-12(9-21-10)7-17-4-5-18-13(8-17)6-11(16-18)2-3-14(19)20/h6,9H,2-5,7-8H2,1H3,(H,19,20). The number of carboxylic acid groups (broad SMARTS) is 1. The monoisotopic (exact) mass is 306 g/mol. The lowest BCUT2D eigenvalue weighted by atomic mass is 10.2. The lowest BCUT2D eigenvalue weighted by molar-refractivity contribution is -0.136.